The van der Waals surface area contributed by atoms with Gasteiger partial charge in [0.05, 0.1) is 17.9 Å². The molecule has 0 aromatic carbocycles. The minimum Gasteiger partial charge on any atom is -0.481 e. The molecule has 0 fully saturated rings. The Kier molecular flexibility index (Phi) is 9.45. The molecule has 0 aliphatic rings. The average molecular weight is 337 g/mol. The van der Waals surface area contributed by atoms with Gasteiger partial charge in [-0.2, -0.15) is 23.5 Å². The Hall–Kier alpha value is -0.360. The monoisotopic (exact) mass is 336 g/mol. The van der Waals surface area contributed by atoms with Crippen molar-refractivity contribution in [1.29, 1.82) is 0 Å². The molecule has 0 rings (SSSR count). The van der Waals surface area contributed by atoms with E-state index < -0.39 is 16.8 Å². The molecular formula is C15H28O4S2. The van der Waals surface area contributed by atoms with E-state index in [4.69, 9.17) is 9.84 Å². The van der Waals surface area contributed by atoms with Gasteiger partial charge in [0.15, 0.2) is 0 Å². The molecule has 0 heterocycles. The second kappa shape index (κ2) is 9.62. The number of hydrogen-bond acceptors (Lipinski definition) is 5. The first-order valence-corrected chi connectivity index (χ1v) is 9.42. The van der Waals surface area contributed by atoms with Gasteiger partial charge < -0.3 is 9.84 Å². The molecule has 124 valence electrons. The summed E-state index contributed by atoms with van der Waals surface area (Å²) in [4.78, 5) is 22.5. The number of carbonyl (C=O) groups is 2. The van der Waals surface area contributed by atoms with Crippen molar-refractivity contribution in [1.82, 2.24) is 0 Å². The van der Waals surface area contributed by atoms with Crippen LogP contribution in [0.1, 0.15) is 40.5 Å². The summed E-state index contributed by atoms with van der Waals surface area (Å²) in [6.45, 7) is 7.34. The molecule has 0 saturated carbocycles. The van der Waals surface area contributed by atoms with Gasteiger partial charge in [0.2, 0.25) is 0 Å². The van der Waals surface area contributed by atoms with Crippen LogP contribution in [0, 0.1) is 10.8 Å². The smallest absolute Gasteiger partial charge is 0.311 e. The number of rotatable bonds is 11. The van der Waals surface area contributed by atoms with Crippen molar-refractivity contribution < 1.29 is 19.4 Å². The minimum absolute atomic E-state index is 0.159. The summed E-state index contributed by atoms with van der Waals surface area (Å²) in [5.41, 5.74) is -1.05. The van der Waals surface area contributed by atoms with Crippen LogP contribution < -0.4 is 0 Å². The molecule has 4 nitrogen and oxygen atoms in total. The lowest BCUT2D eigenvalue weighted by Crippen LogP contribution is -2.26. The van der Waals surface area contributed by atoms with Crippen LogP contribution in [0.2, 0.25) is 0 Å². The maximum Gasteiger partial charge on any atom is 0.311 e. The van der Waals surface area contributed by atoms with E-state index in [9.17, 15) is 9.59 Å². The summed E-state index contributed by atoms with van der Waals surface area (Å²) >= 11 is 3.62. The molecule has 0 aromatic heterocycles. The zero-order valence-electron chi connectivity index (χ0n) is 13.7. The third kappa shape index (κ3) is 8.61. The van der Waals surface area contributed by atoms with E-state index in [2.05, 4.69) is 0 Å². The second-order valence-corrected chi connectivity index (χ2v) is 8.74. The third-order valence-electron chi connectivity index (χ3n) is 3.43. The summed E-state index contributed by atoms with van der Waals surface area (Å²) < 4.78 is 4.78. The lowest BCUT2D eigenvalue weighted by atomic mass is 9.91. The largest absolute Gasteiger partial charge is 0.481 e. The lowest BCUT2D eigenvalue weighted by molar-refractivity contribution is -0.150. The van der Waals surface area contributed by atoms with Crippen molar-refractivity contribution in [3.8, 4) is 0 Å². The molecule has 0 saturated heterocycles. The molecule has 0 aliphatic carbocycles. The van der Waals surface area contributed by atoms with Crippen LogP contribution in [0.15, 0.2) is 0 Å². The highest BCUT2D eigenvalue weighted by molar-refractivity contribution is 8.02. The fourth-order valence-corrected chi connectivity index (χ4v) is 4.12. The van der Waals surface area contributed by atoms with Gasteiger partial charge in [-0.25, -0.2) is 0 Å². The molecule has 6 heteroatoms. The molecule has 0 radical (unpaired) electrons. The van der Waals surface area contributed by atoms with Gasteiger partial charge in [0.25, 0.3) is 0 Å². The van der Waals surface area contributed by atoms with Crippen LogP contribution in [0.4, 0.5) is 0 Å². The van der Waals surface area contributed by atoms with Gasteiger partial charge in [-0.15, -0.1) is 0 Å². The van der Waals surface area contributed by atoms with Crippen molar-refractivity contribution in [2.75, 3.05) is 30.1 Å². The molecule has 21 heavy (non-hydrogen) atoms. The van der Waals surface area contributed by atoms with E-state index in [-0.39, 0.29) is 5.97 Å². The first kappa shape index (κ1) is 20.6. The number of ether oxygens (including phenoxy) is 1. The predicted molar refractivity (Wildman–Crippen MR) is 91.1 cm³/mol. The van der Waals surface area contributed by atoms with Crippen molar-refractivity contribution in [2.24, 2.45) is 10.8 Å². The number of hydrogen-bond donors (Lipinski definition) is 1. The number of thioether (sulfide) groups is 2. The molecule has 0 spiro atoms. The van der Waals surface area contributed by atoms with Crippen molar-refractivity contribution in [2.45, 2.75) is 40.5 Å². The number of carboxylic acids is 1. The fourth-order valence-electron chi connectivity index (χ4n) is 1.46. The number of aliphatic carboxylic acids is 1. The quantitative estimate of drug-likeness (QED) is 0.460. The maximum atomic E-state index is 11.5. The summed E-state index contributed by atoms with van der Waals surface area (Å²) in [5, 5.41) is 9.00. The van der Waals surface area contributed by atoms with Crippen LogP contribution in [-0.2, 0) is 14.3 Å². The van der Waals surface area contributed by atoms with Crippen LogP contribution >= 0.6 is 23.5 Å². The Bertz CT molecular complexity index is 341. The van der Waals surface area contributed by atoms with E-state index in [1.54, 1.807) is 25.6 Å². The fraction of sp³-hybridized carbons (Fsp3) is 0.867. The van der Waals surface area contributed by atoms with E-state index in [1.165, 1.54) is 7.11 Å². The summed E-state index contributed by atoms with van der Waals surface area (Å²) in [7, 11) is 1.42. The Morgan fingerprint density at radius 3 is 1.71 bits per heavy atom. The summed E-state index contributed by atoms with van der Waals surface area (Å²) in [6.07, 6.45) is 1.49. The van der Waals surface area contributed by atoms with Gasteiger partial charge in [0, 0.05) is 11.5 Å². The average Bonchev–Trinajstić information content (AvgIpc) is 2.40. The lowest BCUT2D eigenvalue weighted by Gasteiger charge is -2.20. The van der Waals surface area contributed by atoms with Crippen LogP contribution in [0.5, 0.6) is 0 Å². The maximum absolute atomic E-state index is 11.5. The Morgan fingerprint density at radius 2 is 1.33 bits per heavy atom. The zero-order valence-corrected chi connectivity index (χ0v) is 15.4. The van der Waals surface area contributed by atoms with Crippen LogP contribution in [-0.4, -0.2) is 47.2 Å². The van der Waals surface area contributed by atoms with Gasteiger partial charge in [-0.05, 0) is 52.0 Å². The molecule has 0 aromatic rings. The summed E-state index contributed by atoms with van der Waals surface area (Å²) in [5.74, 6) is 2.95. The first-order chi connectivity index (χ1) is 9.63. The minimum atomic E-state index is -0.734. The molecule has 0 atom stereocenters. The topological polar surface area (TPSA) is 63.6 Å². The van der Waals surface area contributed by atoms with Gasteiger partial charge in [0.1, 0.15) is 0 Å². The van der Waals surface area contributed by atoms with E-state index in [1.807, 2.05) is 25.6 Å². The van der Waals surface area contributed by atoms with Crippen molar-refractivity contribution in [3.05, 3.63) is 0 Å². The van der Waals surface area contributed by atoms with E-state index >= 15 is 0 Å². The van der Waals surface area contributed by atoms with Gasteiger partial charge in [-0.3, -0.25) is 9.59 Å². The Labute approximate surface area is 136 Å². The van der Waals surface area contributed by atoms with Gasteiger partial charge >= 0.3 is 11.9 Å². The number of methoxy groups -OCH3 is 1. The third-order valence-corrected chi connectivity index (χ3v) is 5.66. The number of carboxylic acid groups (broad SMARTS) is 1. The highest BCUT2D eigenvalue weighted by atomic mass is 32.2. The molecule has 0 bridgehead atoms. The highest BCUT2D eigenvalue weighted by Crippen LogP contribution is 2.25. The molecule has 0 amide bonds. The van der Waals surface area contributed by atoms with Crippen LogP contribution in [0.3, 0.4) is 0 Å². The molecule has 0 unspecified atom stereocenters. The van der Waals surface area contributed by atoms with Crippen molar-refractivity contribution in [3.63, 3.8) is 0 Å². The summed E-state index contributed by atoms with van der Waals surface area (Å²) in [6, 6.07) is 0. The standard InChI is InChI=1S/C15H28O4S2/c1-14(2,12(16)17)6-8-20-10-11-21-9-7-15(3,4)13(18)19-5/h6-11H2,1-5H3,(H,16,17). The first-order valence-electron chi connectivity index (χ1n) is 7.11. The highest BCUT2D eigenvalue weighted by Gasteiger charge is 2.28. The van der Waals surface area contributed by atoms with E-state index in [0.29, 0.717) is 6.42 Å². The molecule has 0 aliphatic heterocycles. The molecule has 1 N–H and O–H groups in total. The predicted octanol–water partition coefficient (Wildman–Crippen LogP) is 3.54. The van der Waals surface area contributed by atoms with Crippen molar-refractivity contribution >= 4 is 35.5 Å². The van der Waals surface area contributed by atoms with E-state index in [0.717, 1.165) is 29.4 Å². The van der Waals surface area contributed by atoms with Gasteiger partial charge in [-0.1, -0.05) is 0 Å². The second-order valence-electron chi connectivity index (χ2n) is 6.29. The zero-order chi connectivity index (χ0) is 16.5. The Morgan fingerprint density at radius 1 is 0.905 bits per heavy atom. The number of esters is 1. The van der Waals surface area contributed by atoms with Crippen LogP contribution in [0.25, 0.3) is 0 Å². The Balaban J connectivity index is 3.62. The number of carbonyl (C=O) groups excluding carboxylic acids is 1. The SMILES string of the molecule is COC(=O)C(C)(C)CCSCCSCCC(C)(C)C(=O)O. The normalized spacial score (nSPS) is 12.2. The molecular weight excluding hydrogens is 308 g/mol.